The standard InChI is InChI=1S/C52H41N13O2/c66-31-32-17-19-33(20-18-32)47-57-60-50-38-10-2-5-13-41(38)63(51-44(65(47)50)16-8-26-54-51)45-29-34(48-58-59-49-37-9-1-3-11-39(37)55-46-43(64(48)49)15-7-25-53-46)21-22-35(45)30-61-27-23-36(24-28-61)62-42-14-6-4-12-40(42)56-52(62)67/h1-22,25-26,29,36,66H,23-24,27-28,30-31H2,(H,53,55)(H,56,67). The molecule has 0 bridgehead atoms. The molecule has 5 aromatic heterocycles. The van der Waals surface area contributed by atoms with Crippen molar-refractivity contribution in [3.63, 3.8) is 0 Å². The summed E-state index contributed by atoms with van der Waals surface area (Å²) >= 11 is 0. The Morgan fingerprint density at radius 3 is 2.10 bits per heavy atom. The van der Waals surface area contributed by atoms with Crippen molar-refractivity contribution in [1.29, 1.82) is 0 Å². The molecule has 326 valence electrons. The van der Waals surface area contributed by atoms with E-state index in [1.54, 1.807) is 6.20 Å². The maximum Gasteiger partial charge on any atom is 0.326 e. The van der Waals surface area contributed by atoms with E-state index in [2.05, 4.69) is 71.7 Å². The molecular formula is C52H41N13O2. The lowest BCUT2D eigenvalue weighted by molar-refractivity contribution is 0.180. The topological polar surface area (TPSA) is 164 Å². The Morgan fingerprint density at radius 1 is 0.612 bits per heavy atom. The van der Waals surface area contributed by atoms with Crippen molar-refractivity contribution < 1.29 is 5.11 Å². The Labute approximate surface area is 383 Å². The van der Waals surface area contributed by atoms with Gasteiger partial charge in [-0.05, 0) is 90.7 Å². The molecule has 0 amide bonds. The number of rotatable bonds is 7. The Kier molecular flexibility index (Phi) is 9.04. The molecule has 0 spiro atoms. The van der Waals surface area contributed by atoms with Crippen LogP contribution in [-0.2, 0) is 13.2 Å². The van der Waals surface area contributed by atoms with Crippen LogP contribution in [0, 0.1) is 0 Å². The maximum absolute atomic E-state index is 13.3. The number of piperidine rings is 1. The summed E-state index contributed by atoms with van der Waals surface area (Å²) < 4.78 is 6.12. The first kappa shape index (κ1) is 38.9. The number of aliphatic hydroxyl groups excluding tert-OH is 1. The van der Waals surface area contributed by atoms with Crippen molar-refractivity contribution in [2.45, 2.75) is 32.0 Å². The van der Waals surface area contributed by atoms with Gasteiger partial charge in [-0.3, -0.25) is 23.5 Å². The second-order valence-electron chi connectivity index (χ2n) is 17.1. The van der Waals surface area contributed by atoms with Crippen LogP contribution in [0.15, 0.2) is 157 Å². The van der Waals surface area contributed by atoms with Gasteiger partial charge >= 0.3 is 5.69 Å². The zero-order chi connectivity index (χ0) is 44.6. The number of hydrogen-bond donors (Lipinski definition) is 3. The minimum absolute atomic E-state index is 0.0535. The highest BCUT2D eigenvalue weighted by atomic mass is 16.3. The lowest BCUT2D eigenvalue weighted by atomic mass is 10.0. The van der Waals surface area contributed by atoms with Gasteiger partial charge in [0.2, 0.25) is 0 Å². The SMILES string of the molecule is O=c1[nH]c2ccccc2n1C1CCN(Cc2ccc(-c3nnc4n3-c3cccnc3Nc3ccccc3-4)cc2N2c3ccccc3-c3nnc(-c4ccc(CO)cc4)n3-c3cccnc32)CC1. The molecule has 15 heteroatoms. The van der Waals surface area contributed by atoms with Gasteiger partial charge in [0.1, 0.15) is 0 Å². The molecule has 13 rings (SSSR count). The number of nitrogens with zero attached hydrogens (tertiary/aromatic N) is 11. The van der Waals surface area contributed by atoms with Crippen LogP contribution in [0.2, 0.25) is 0 Å². The average molecular weight is 880 g/mol. The Bertz CT molecular complexity index is 3600. The van der Waals surface area contributed by atoms with Gasteiger partial charge in [-0.2, -0.15) is 0 Å². The molecule has 5 aromatic carbocycles. The number of aliphatic hydroxyl groups is 1. The Morgan fingerprint density at radius 2 is 1.27 bits per heavy atom. The monoisotopic (exact) mass is 879 g/mol. The molecule has 1 saturated heterocycles. The summed E-state index contributed by atoms with van der Waals surface area (Å²) in [5, 5.41) is 32.8. The van der Waals surface area contributed by atoms with Gasteiger partial charge in [0.05, 0.1) is 46.1 Å². The normalized spacial score (nSPS) is 14.3. The molecule has 10 aromatic rings. The van der Waals surface area contributed by atoms with Crippen molar-refractivity contribution in [2.24, 2.45) is 0 Å². The van der Waals surface area contributed by atoms with Gasteiger partial charge in [0.15, 0.2) is 34.9 Å². The summed E-state index contributed by atoms with van der Waals surface area (Å²) in [5.74, 6) is 4.11. The van der Waals surface area contributed by atoms with E-state index < -0.39 is 0 Å². The second-order valence-corrected chi connectivity index (χ2v) is 17.1. The number of H-pyrrole nitrogens is 1. The van der Waals surface area contributed by atoms with E-state index in [-0.39, 0.29) is 18.3 Å². The first-order chi connectivity index (χ1) is 33.1. The van der Waals surface area contributed by atoms with Gasteiger partial charge in [0.25, 0.3) is 0 Å². The van der Waals surface area contributed by atoms with Crippen LogP contribution in [0.4, 0.5) is 28.7 Å². The molecule has 67 heavy (non-hydrogen) atoms. The van der Waals surface area contributed by atoms with E-state index >= 15 is 0 Å². The molecule has 0 aliphatic carbocycles. The third-order valence-corrected chi connectivity index (χ3v) is 13.3. The number of imidazole rings is 1. The van der Waals surface area contributed by atoms with Crippen LogP contribution in [0.3, 0.4) is 0 Å². The number of aromatic nitrogens is 10. The van der Waals surface area contributed by atoms with Gasteiger partial charge < -0.3 is 15.4 Å². The number of likely N-dealkylation sites (tertiary alicyclic amines) is 1. The van der Waals surface area contributed by atoms with Crippen molar-refractivity contribution in [1.82, 2.24) is 53.9 Å². The fraction of sp³-hybridized carbons (Fsp3) is 0.135. The predicted octanol–water partition coefficient (Wildman–Crippen LogP) is 9.12. The molecule has 3 aliphatic rings. The van der Waals surface area contributed by atoms with Crippen molar-refractivity contribution in [3.05, 3.63) is 174 Å². The number of anilines is 5. The summed E-state index contributed by atoms with van der Waals surface area (Å²) in [5.41, 5.74) is 11.5. The van der Waals surface area contributed by atoms with Crippen molar-refractivity contribution >= 4 is 39.7 Å². The molecule has 0 atom stereocenters. The van der Waals surface area contributed by atoms with Crippen LogP contribution in [0.5, 0.6) is 0 Å². The lowest BCUT2D eigenvalue weighted by Crippen LogP contribution is -2.36. The summed E-state index contributed by atoms with van der Waals surface area (Å²) in [6.07, 6.45) is 5.27. The highest BCUT2D eigenvalue weighted by molar-refractivity contribution is 5.93. The van der Waals surface area contributed by atoms with Crippen molar-refractivity contribution in [2.75, 3.05) is 23.3 Å². The third-order valence-electron chi connectivity index (χ3n) is 13.3. The number of para-hydroxylation sites is 4. The van der Waals surface area contributed by atoms with Gasteiger partial charge in [-0.1, -0.05) is 72.8 Å². The molecule has 3 N–H and O–H groups in total. The quantitative estimate of drug-likeness (QED) is 0.140. The summed E-state index contributed by atoms with van der Waals surface area (Å²) in [6, 6.07) is 46.7. The summed E-state index contributed by atoms with van der Waals surface area (Å²) in [4.78, 5) is 31.0. The fourth-order valence-electron chi connectivity index (χ4n) is 10.1. The van der Waals surface area contributed by atoms with E-state index in [1.807, 2.05) is 108 Å². The predicted molar refractivity (Wildman–Crippen MR) is 257 cm³/mol. The van der Waals surface area contributed by atoms with E-state index in [0.29, 0.717) is 41.5 Å². The molecule has 3 aliphatic heterocycles. The average Bonchev–Trinajstić information content (AvgIpc) is 4.07. The van der Waals surface area contributed by atoms with Crippen LogP contribution in [0.1, 0.15) is 30.0 Å². The molecule has 0 unspecified atom stereocenters. The van der Waals surface area contributed by atoms with Crippen LogP contribution < -0.4 is 15.9 Å². The highest BCUT2D eigenvalue weighted by Gasteiger charge is 2.34. The second kappa shape index (κ2) is 15.6. The molecular weight excluding hydrogens is 839 g/mol. The molecule has 8 heterocycles. The number of fused-ring (bicyclic) bond motifs is 11. The number of pyridine rings is 2. The van der Waals surface area contributed by atoms with Crippen LogP contribution >= 0.6 is 0 Å². The zero-order valence-corrected chi connectivity index (χ0v) is 36.0. The van der Waals surface area contributed by atoms with Crippen LogP contribution in [0.25, 0.3) is 68.0 Å². The summed E-state index contributed by atoms with van der Waals surface area (Å²) in [6.45, 7) is 2.19. The number of nitrogens with one attached hydrogen (secondary N) is 2. The molecule has 1 fully saturated rings. The smallest absolute Gasteiger partial charge is 0.326 e. The van der Waals surface area contributed by atoms with Crippen molar-refractivity contribution in [3.8, 4) is 56.9 Å². The minimum Gasteiger partial charge on any atom is -0.392 e. The zero-order valence-electron chi connectivity index (χ0n) is 36.0. The molecule has 0 saturated carbocycles. The summed E-state index contributed by atoms with van der Waals surface area (Å²) in [7, 11) is 0. The highest BCUT2D eigenvalue weighted by Crippen LogP contribution is 2.49. The van der Waals surface area contributed by atoms with E-state index in [1.165, 1.54) is 0 Å². The first-order valence-corrected chi connectivity index (χ1v) is 22.4. The van der Waals surface area contributed by atoms with Gasteiger partial charge in [-0.15, -0.1) is 20.4 Å². The lowest BCUT2D eigenvalue weighted by Gasteiger charge is -2.34. The fourth-order valence-corrected chi connectivity index (χ4v) is 10.1. The van der Waals surface area contributed by atoms with E-state index in [4.69, 9.17) is 30.4 Å². The van der Waals surface area contributed by atoms with E-state index in [9.17, 15) is 9.90 Å². The number of hydrogen-bond acceptors (Lipinski definition) is 11. The maximum atomic E-state index is 13.3. The Hall–Kier alpha value is -8.53. The third kappa shape index (κ3) is 6.30. The number of aromatic amines is 1. The van der Waals surface area contributed by atoms with Crippen LogP contribution in [-0.4, -0.2) is 72.1 Å². The largest absolute Gasteiger partial charge is 0.392 e. The van der Waals surface area contributed by atoms with Gasteiger partial charge in [0, 0.05) is 60.3 Å². The van der Waals surface area contributed by atoms with E-state index in [0.717, 1.165) is 98.8 Å². The molecule has 15 nitrogen and oxygen atoms in total. The van der Waals surface area contributed by atoms with Gasteiger partial charge in [-0.25, -0.2) is 14.8 Å². The molecule has 0 radical (unpaired) electrons. The Balaban J connectivity index is 0.976. The minimum atomic E-state index is -0.0620. The first-order valence-electron chi connectivity index (χ1n) is 22.4. The number of benzene rings is 5.